The highest BCUT2D eigenvalue weighted by Gasteiger charge is 2.12. The molecule has 0 atom stereocenters. The van der Waals surface area contributed by atoms with Crippen molar-refractivity contribution in [2.24, 2.45) is 0 Å². The largest absolute Gasteiger partial charge is 0.344 e. The molecule has 2 aromatic rings. The van der Waals surface area contributed by atoms with Crippen molar-refractivity contribution in [1.82, 2.24) is 4.90 Å². The Balaban J connectivity index is 2.05. The van der Waals surface area contributed by atoms with Crippen molar-refractivity contribution in [3.05, 3.63) is 65.7 Å². The molecule has 0 radical (unpaired) electrons. The molecule has 0 spiro atoms. The number of aryl methyl sites for hydroxylation is 1. The maximum atomic E-state index is 5.70. The van der Waals surface area contributed by atoms with E-state index in [2.05, 4.69) is 67.6 Å². The van der Waals surface area contributed by atoms with Gasteiger partial charge in [-0.1, -0.05) is 48.5 Å². The Morgan fingerprint density at radius 2 is 1.71 bits per heavy atom. The fourth-order valence-electron chi connectivity index (χ4n) is 2.59. The van der Waals surface area contributed by atoms with Crippen LogP contribution >= 0.6 is 12.2 Å². The first-order valence-electron chi connectivity index (χ1n) is 8.51. The summed E-state index contributed by atoms with van der Waals surface area (Å²) in [7, 11) is 4.37. The van der Waals surface area contributed by atoms with Gasteiger partial charge in [0, 0.05) is 25.2 Å². The summed E-state index contributed by atoms with van der Waals surface area (Å²) in [6, 6.07) is 18.8. The molecule has 0 heterocycles. The minimum absolute atomic E-state index is 0.793. The maximum absolute atomic E-state index is 5.70. The summed E-state index contributed by atoms with van der Waals surface area (Å²) >= 11 is 5.70. The molecule has 0 saturated carbocycles. The Labute approximate surface area is 151 Å². The number of anilines is 1. The first-order chi connectivity index (χ1) is 11.6. The average Bonchev–Trinajstić information content (AvgIpc) is 2.56. The molecular formula is C20H28N3S+. The van der Waals surface area contributed by atoms with Gasteiger partial charge < -0.3 is 15.1 Å². The van der Waals surface area contributed by atoms with Gasteiger partial charge in [-0.2, -0.15) is 0 Å². The Bertz CT molecular complexity index is 640. The maximum Gasteiger partial charge on any atom is 0.173 e. The average molecular weight is 343 g/mol. The highest BCUT2D eigenvalue weighted by Crippen LogP contribution is 2.15. The second-order valence-corrected chi connectivity index (χ2v) is 6.85. The highest BCUT2D eigenvalue weighted by molar-refractivity contribution is 7.80. The van der Waals surface area contributed by atoms with E-state index in [1.807, 2.05) is 18.2 Å². The molecule has 0 unspecified atom stereocenters. The van der Waals surface area contributed by atoms with Crippen LogP contribution in [0.25, 0.3) is 0 Å². The van der Waals surface area contributed by atoms with E-state index in [1.54, 1.807) is 0 Å². The van der Waals surface area contributed by atoms with E-state index in [-0.39, 0.29) is 0 Å². The second-order valence-electron chi connectivity index (χ2n) is 6.46. The first-order valence-corrected chi connectivity index (χ1v) is 8.91. The van der Waals surface area contributed by atoms with E-state index in [0.29, 0.717) is 0 Å². The van der Waals surface area contributed by atoms with Crippen LogP contribution < -0.4 is 10.2 Å². The Morgan fingerprint density at radius 3 is 2.38 bits per heavy atom. The lowest BCUT2D eigenvalue weighted by Gasteiger charge is -2.26. The van der Waals surface area contributed by atoms with Crippen molar-refractivity contribution < 1.29 is 4.90 Å². The number of nitrogens with zero attached hydrogens (tertiary/aromatic N) is 1. The minimum atomic E-state index is 0.793. The predicted octanol–water partition coefficient (Wildman–Crippen LogP) is 2.73. The second kappa shape index (κ2) is 9.40. The zero-order chi connectivity index (χ0) is 17.4. The van der Waals surface area contributed by atoms with Crippen LogP contribution in [0.1, 0.15) is 17.5 Å². The molecule has 3 nitrogen and oxygen atoms in total. The standard InChI is InChI=1S/C20H27N3S/c1-17-10-7-8-13-19(17)21-20(24)23(15-9-14-22(2)3)16-18-11-5-4-6-12-18/h4-8,10-13H,9,14-16H2,1-3H3,(H,21,24)/p+1. The molecule has 4 heteroatoms. The fraction of sp³-hybridized carbons (Fsp3) is 0.350. The third-order valence-corrected chi connectivity index (χ3v) is 4.36. The number of benzene rings is 2. The van der Waals surface area contributed by atoms with Gasteiger partial charge in [-0.15, -0.1) is 0 Å². The van der Waals surface area contributed by atoms with E-state index in [9.17, 15) is 0 Å². The molecule has 0 aromatic heterocycles. The van der Waals surface area contributed by atoms with Crippen molar-refractivity contribution >= 4 is 23.0 Å². The molecule has 128 valence electrons. The molecule has 0 saturated heterocycles. The van der Waals surface area contributed by atoms with Crippen molar-refractivity contribution in [3.63, 3.8) is 0 Å². The summed E-state index contributed by atoms with van der Waals surface area (Å²) in [6.45, 7) is 5.03. The van der Waals surface area contributed by atoms with Crippen molar-refractivity contribution in [2.45, 2.75) is 19.9 Å². The summed E-state index contributed by atoms with van der Waals surface area (Å²) in [6.07, 6.45) is 1.12. The van der Waals surface area contributed by atoms with Crippen molar-refractivity contribution in [1.29, 1.82) is 0 Å². The number of hydrogen-bond donors (Lipinski definition) is 2. The topological polar surface area (TPSA) is 19.7 Å². The molecular weight excluding hydrogens is 314 g/mol. The van der Waals surface area contributed by atoms with Gasteiger partial charge in [0.25, 0.3) is 0 Å². The van der Waals surface area contributed by atoms with Gasteiger partial charge in [0.05, 0.1) is 20.6 Å². The number of rotatable bonds is 7. The zero-order valence-electron chi connectivity index (χ0n) is 14.9. The molecule has 0 aliphatic heterocycles. The van der Waals surface area contributed by atoms with Crippen LogP contribution in [0.2, 0.25) is 0 Å². The van der Waals surface area contributed by atoms with Gasteiger partial charge in [0.15, 0.2) is 5.11 Å². The number of nitrogens with one attached hydrogen (secondary N) is 2. The lowest BCUT2D eigenvalue weighted by molar-refractivity contribution is -0.858. The monoisotopic (exact) mass is 342 g/mol. The fourth-order valence-corrected chi connectivity index (χ4v) is 2.85. The first kappa shape index (κ1) is 18.4. The summed E-state index contributed by atoms with van der Waals surface area (Å²) < 4.78 is 0. The summed E-state index contributed by atoms with van der Waals surface area (Å²) in [5.41, 5.74) is 3.57. The summed E-state index contributed by atoms with van der Waals surface area (Å²) in [4.78, 5) is 3.73. The molecule has 0 amide bonds. The van der Waals surface area contributed by atoms with Gasteiger partial charge in [0.2, 0.25) is 0 Å². The third kappa shape index (κ3) is 5.95. The van der Waals surface area contributed by atoms with Gasteiger partial charge in [-0.25, -0.2) is 0 Å². The lowest BCUT2D eigenvalue weighted by Crippen LogP contribution is -3.05. The summed E-state index contributed by atoms with van der Waals surface area (Å²) in [5.74, 6) is 0. The number of hydrogen-bond acceptors (Lipinski definition) is 1. The van der Waals surface area contributed by atoms with Crippen LogP contribution in [0, 0.1) is 6.92 Å². The quantitative estimate of drug-likeness (QED) is 0.755. The third-order valence-electron chi connectivity index (χ3n) is 3.99. The molecule has 2 aromatic carbocycles. The molecule has 2 N–H and O–H groups in total. The van der Waals surface area contributed by atoms with Crippen LogP contribution in [0.4, 0.5) is 5.69 Å². The van der Waals surface area contributed by atoms with E-state index in [1.165, 1.54) is 16.0 Å². The van der Waals surface area contributed by atoms with E-state index in [0.717, 1.165) is 36.9 Å². The zero-order valence-corrected chi connectivity index (χ0v) is 15.7. The normalized spacial score (nSPS) is 10.7. The van der Waals surface area contributed by atoms with Crippen LogP contribution in [0.5, 0.6) is 0 Å². The van der Waals surface area contributed by atoms with Crippen LogP contribution in [0.3, 0.4) is 0 Å². The minimum Gasteiger partial charge on any atom is -0.344 e. The Morgan fingerprint density at radius 1 is 1.04 bits per heavy atom. The molecule has 0 bridgehead atoms. The Kier molecular flexibility index (Phi) is 7.22. The molecule has 0 aliphatic rings. The van der Waals surface area contributed by atoms with Gasteiger partial charge in [-0.3, -0.25) is 0 Å². The number of thiocarbonyl (C=S) groups is 1. The van der Waals surface area contributed by atoms with Gasteiger partial charge in [-0.05, 0) is 36.3 Å². The van der Waals surface area contributed by atoms with Gasteiger partial charge >= 0.3 is 0 Å². The number of para-hydroxylation sites is 1. The number of quaternary nitrogens is 1. The van der Waals surface area contributed by atoms with Crippen molar-refractivity contribution in [3.8, 4) is 0 Å². The Hall–Kier alpha value is -1.91. The predicted molar refractivity (Wildman–Crippen MR) is 107 cm³/mol. The molecule has 24 heavy (non-hydrogen) atoms. The molecule has 0 aliphatic carbocycles. The molecule has 0 fully saturated rings. The molecule has 2 rings (SSSR count). The van der Waals surface area contributed by atoms with Crippen molar-refractivity contribution in [2.75, 3.05) is 32.5 Å². The van der Waals surface area contributed by atoms with E-state index >= 15 is 0 Å². The summed E-state index contributed by atoms with van der Waals surface area (Å²) in [5, 5.41) is 4.21. The van der Waals surface area contributed by atoms with E-state index < -0.39 is 0 Å². The lowest BCUT2D eigenvalue weighted by atomic mass is 10.2. The SMILES string of the molecule is Cc1ccccc1NC(=S)N(CCC[NH+](C)C)Cc1ccccc1. The highest BCUT2D eigenvalue weighted by atomic mass is 32.1. The smallest absolute Gasteiger partial charge is 0.173 e. The van der Waals surface area contributed by atoms with Crippen LogP contribution in [-0.2, 0) is 6.54 Å². The van der Waals surface area contributed by atoms with Gasteiger partial charge in [0.1, 0.15) is 0 Å². The van der Waals surface area contributed by atoms with Crippen LogP contribution in [0.15, 0.2) is 54.6 Å². The van der Waals surface area contributed by atoms with E-state index in [4.69, 9.17) is 12.2 Å². The van der Waals surface area contributed by atoms with Crippen LogP contribution in [-0.4, -0.2) is 37.2 Å².